The average molecular weight is 494 g/mol. The molecular formula is C26H27N3O5S. The van der Waals surface area contributed by atoms with Gasteiger partial charge < -0.3 is 15.4 Å². The molecule has 1 aliphatic rings. The van der Waals surface area contributed by atoms with E-state index in [4.69, 9.17) is 4.74 Å². The minimum atomic E-state index is -3.75. The smallest absolute Gasteiger partial charge is 0.255 e. The number of carbonyl (C=O) groups is 2. The van der Waals surface area contributed by atoms with Crippen LogP contribution in [-0.4, -0.2) is 50.8 Å². The number of aryl methyl sites for hydroxylation is 1. The summed E-state index contributed by atoms with van der Waals surface area (Å²) in [5.74, 6) is -0.824. The summed E-state index contributed by atoms with van der Waals surface area (Å²) >= 11 is 0. The van der Waals surface area contributed by atoms with Crippen molar-refractivity contribution in [2.75, 3.05) is 31.6 Å². The molecule has 0 saturated carbocycles. The number of anilines is 1. The van der Waals surface area contributed by atoms with Crippen LogP contribution in [0.25, 0.3) is 0 Å². The van der Waals surface area contributed by atoms with Crippen molar-refractivity contribution in [3.8, 4) is 0 Å². The van der Waals surface area contributed by atoms with Crippen molar-refractivity contribution in [2.45, 2.75) is 18.4 Å². The van der Waals surface area contributed by atoms with E-state index in [0.717, 1.165) is 5.56 Å². The van der Waals surface area contributed by atoms with E-state index >= 15 is 0 Å². The van der Waals surface area contributed by atoms with Gasteiger partial charge in [-0.3, -0.25) is 9.59 Å². The fraction of sp³-hybridized carbons (Fsp3) is 0.231. The van der Waals surface area contributed by atoms with Gasteiger partial charge in [0.15, 0.2) is 0 Å². The second-order valence-corrected chi connectivity index (χ2v) is 10.1. The highest BCUT2D eigenvalue weighted by Gasteiger charge is 2.27. The molecule has 3 aromatic rings. The quantitative estimate of drug-likeness (QED) is 0.526. The molecule has 1 aliphatic heterocycles. The second kappa shape index (κ2) is 10.8. The van der Waals surface area contributed by atoms with Crippen LogP contribution in [0.15, 0.2) is 77.7 Å². The van der Waals surface area contributed by atoms with E-state index in [2.05, 4.69) is 10.6 Å². The van der Waals surface area contributed by atoms with Crippen LogP contribution in [0.2, 0.25) is 0 Å². The van der Waals surface area contributed by atoms with E-state index < -0.39 is 15.9 Å². The Labute approximate surface area is 205 Å². The Bertz CT molecular complexity index is 1320. The average Bonchev–Trinajstić information content (AvgIpc) is 2.89. The van der Waals surface area contributed by atoms with E-state index in [0.29, 0.717) is 36.6 Å². The van der Waals surface area contributed by atoms with Crippen molar-refractivity contribution >= 4 is 27.5 Å². The molecule has 35 heavy (non-hydrogen) atoms. The van der Waals surface area contributed by atoms with Gasteiger partial charge in [-0.1, -0.05) is 48.5 Å². The van der Waals surface area contributed by atoms with Gasteiger partial charge in [-0.25, -0.2) is 8.42 Å². The van der Waals surface area contributed by atoms with Gasteiger partial charge in [0.25, 0.3) is 11.8 Å². The third-order valence-corrected chi connectivity index (χ3v) is 7.67. The molecule has 0 radical (unpaired) electrons. The van der Waals surface area contributed by atoms with Gasteiger partial charge in [-0.05, 0) is 42.3 Å². The molecule has 0 bridgehead atoms. The second-order valence-electron chi connectivity index (χ2n) is 8.16. The lowest BCUT2D eigenvalue weighted by molar-refractivity contribution is 0.0730. The van der Waals surface area contributed by atoms with E-state index in [1.807, 2.05) is 30.3 Å². The number of benzene rings is 3. The largest absolute Gasteiger partial charge is 0.379 e. The van der Waals surface area contributed by atoms with Gasteiger partial charge in [0, 0.05) is 25.2 Å². The number of para-hydroxylation sites is 1. The number of nitrogens with one attached hydrogen (secondary N) is 2. The third kappa shape index (κ3) is 5.76. The lowest BCUT2D eigenvalue weighted by Crippen LogP contribution is -2.40. The van der Waals surface area contributed by atoms with Crippen molar-refractivity contribution in [3.63, 3.8) is 0 Å². The van der Waals surface area contributed by atoms with Crippen LogP contribution in [-0.2, 0) is 21.3 Å². The molecule has 0 atom stereocenters. The van der Waals surface area contributed by atoms with Gasteiger partial charge in [0.1, 0.15) is 0 Å². The summed E-state index contributed by atoms with van der Waals surface area (Å²) in [5, 5.41) is 5.64. The van der Waals surface area contributed by atoms with Crippen LogP contribution < -0.4 is 10.6 Å². The number of carbonyl (C=O) groups excluding carboxylic acids is 2. The Balaban J connectivity index is 1.53. The predicted molar refractivity (Wildman–Crippen MR) is 133 cm³/mol. The fourth-order valence-corrected chi connectivity index (χ4v) is 5.23. The minimum Gasteiger partial charge on any atom is -0.379 e. The van der Waals surface area contributed by atoms with Crippen LogP contribution in [0.1, 0.15) is 31.8 Å². The first-order chi connectivity index (χ1) is 16.9. The maximum absolute atomic E-state index is 13.2. The Hall–Kier alpha value is -3.53. The van der Waals surface area contributed by atoms with E-state index in [1.165, 1.54) is 16.4 Å². The first-order valence-electron chi connectivity index (χ1n) is 11.3. The molecule has 1 heterocycles. The van der Waals surface area contributed by atoms with E-state index in [9.17, 15) is 18.0 Å². The SMILES string of the molecule is Cc1ccc(S(=O)(=O)N2CCOCC2)cc1C(=O)Nc1ccccc1C(=O)NCc1ccccc1. The highest BCUT2D eigenvalue weighted by atomic mass is 32.2. The van der Waals surface area contributed by atoms with E-state index in [1.54, 1.807) is 37.3 Å². The number of hydrogen-bond acceptors (Lipinski definition) is 5. The predicted octanol–water partition coefficient (Wildman–Crippen LogP) is 3.20. The first kappa shape index (κ1) is 24.6. The number of amides is 2. The Morgan fingerprint density at radius 1 is 0.886 bits per heavy atom. The molecular weight excluding hydrogens is 466 g/mol. The van der Waals surface area contributed by atoms with Crippen LogP contribution in [0.3, 0.4) is 0 Å². The zero-order chi connectivity index (χ0) is 24.8. The molecule has 0 spiro atoms. The van der Waals surface area contributed by atoms with Crippen molar-refractivity contribution in [2.24, 2.45) is 0 Å². The standard InChI is InChI=1S/C26H27N3O5S/c1-19-11-12-21(35(32,33)29-13-15-34-16-14-29)17-23(19)26(31)28-24-10-6-5-9-22(24)25(30)27-18-20-7-3-2-4-8-20/h2-12,17H,13-16,18H2,1H3,(H,27,30)(H,28,31). The molecule has 1 saturated heterocycles. The molecule has 2 amide bonds. The summed E-state index contributed by atoms with van der Waals surface area (Å²) in [5.41, 5.74) is 2.44. The lowest BCUT2D eigenvalue weighted by Gasteiger charge is -2.26. The maximum atomic E-state index is 13.2. The van der Waals surface area contributed by atoms with Gasteiger partial charge in [-0.2, -0.15) is 4.31 Å². The summed E-state index contributed by atoms with van der Waals surface area (Å²) in [6.45, 7) is 3.29. The molecule has 1 fully saturated rings. The lowest BCUT2D eigenvalue weighted by atomic mass is 10.1. The van der Waals surface area contributed by atoms with Gasteiger partial charge in [-0.15, -0.1) is 0 Å². The molecule has 2 N–H and O–H groups in total. The van der Waals surface area contributed by atoms with Crippen LogP contribution >= 0.6 is 0 Å². The maximum Gasteiger partial charge on any atom is 0.255 e. The molecule has 4 rings (SSSR count). The number of ether oxygens (including phenoxy) is 1. The molecule has 0 aliphatic carbocycles. The Morgan fingerprint density at radius 2 is 1.57 bits per heavy atom. The molecule has 0 aromatic heterocycles. The normalized spacial score (nSPS) is 14.3. The molecule has 8 nitrogen and oxygen atoms in total. The van der Waals surface area contributed by atoms with E-state index in [-0.39, 0.29) is 29.5 Å². The molecule has 0 unspecified atom stereocenters. The third-order valence-electron chi connectivity index (χ3n) is 5.78. The number of sulfonamides is 1. The van der Waals surface area contributed by atoms with Crippen LogP contribution in [0.5, 0.6) is 0 Å². The Kier molecular flexibility index (Phi) is 7.60. The topological polar surface area (TPSA) is 105 Å². The number of hydrogen-bond donors (Lipinski definition) is 2. The zero-order valence-corrected chi connectivity index (χ0v) is 20.2. The summed E-state index contributed by atoms with van der Waals surface area (Å²) in [6.07, 6.45) is 0. The number of nitrogens with zero attached hydrogens (tertiary/aromatic N) is 1. The van der Waals surface area contributed by atoms with Crippen molar-refractivity contribution < 1.29 is 22.7 Å². The summed E-state index contributed by atoms with van der Waals surface area (Å²) in [7, 11) is -3.75. The first-order valence-corrected chi connectivity index (χ1v) is 12.7. The summed E-state index contributed by atoms with van der Waals surface area (Å²) in [6, 6.07) is 20.7. The molecule has 9 heteroatoms. The molecule has 182 valence electrons. The van der Waals surface area contributed by atoms with Crippen LogP contribution in [0, 0.1) is 6.92 Å². The van der Waals surface area contributed by atoms with Crippen molar-refractivity contribution in [3.05, 3.63) is 95.1 Å². The van der Waals surface area contributed by atoms with Gasteiger partial charge in [0.2, 0.25) is 10.0 Å². The van der Waals surface area contributed by atoms with Gasteiger partial charge in [0.05, 0.1) is 29.4 Å². The highest BCUT2D eigenvalue weighted by molar-refractivity contribution is 7.89. The van der Waals surface area contributed by atoms with Crippen LogP contribution in [0.4, 0.5) is 5.69 Å². The van der Waals surface area contributed by atoms with Crippen molar-refractivity contribution in [1.82, 2.24) is 9.62 Å². The monoisotopic (exact) mass is 493 g/mol. The fourth-order valence-electron chi connectivity index (χ4n) is 3.80. The minimum absolute atomic E-state index is 0.0454. The Morgan fingerprint density at radius 3 is 2.31 bits per heavy atom. The summed E-state index contributed by atoms with van der Waals surface area (Å²) < 4.78 is 32.7. The number of morpholine rings is 1. The molecule has 3 aromatic carbocycles. The summed E-state index contributed by atoms with van der Waals surface area (Å²) in [4.78, 5) is 26.0. The highest BCUT2D eigenvalue weighted by Crippen LogP contribution is 2.23. The zero-order valence-electron chi connectivity index (χ0n) is 19.4. The number of rotatable bonds is 7. The van der Waals surface area contributed by atoms with Gasteiger partial charge >= 0.3 is 0 Å². The van der Waals surface area contributed by atoms with Crippen molar-refractivity contribution in [1.29, 1.82) is 0 Å².